The molecular formula is C32H32N4O2S. The summed E-state index contributed by atoms with van der Waals surface area (Å²) in [4.78, 5) is 19.4. The molecule has 1 heterocycles. The molecular weight excluding hydrogens is 504 g/mol. The zero-order valence-electron chi connectivity index (χ0n) is 23.1. The number of anilines is 5. The van der Waals surface area contributed by atoms with Crippen LogP contribution in [0.4, 0.5) is 28.4 Å². The van der Waals surface area contributed by atoms with Gasteiger partial charge in [-0.1, -0.05) is 12.1 Å². The van der Waals surface area contributed by atoms with Crippen LogP contribution in [0.2, 0.25) is 0 Å². The highest BCUT2D eigenvalue weighted by Gasteiger charge is 2.18. The first kappa shape index (κ1) is 27.5. The van der Waals surface area contributed by atoms with E-state index in [1.165, 1.54) is 28.5 Å². The topological polar surface area (TPSA) is 70.8 Å². The summed E-state index contributed by atoms with van der Waals surface area (Å²) < 4.78 is 0. The molecule has 0 bridgehead atoms. The van der Waals surface area contributed by atoms with Gasteiger partial charge in [-0.15, -0.1) is 11.3 Å². The average molecular weight is 537 g/mol. The highest BCUT2D eigenvalue weighted by atomic mass is 32.1. The highest BCUT2D eigenvalue weighted by Crippen LogP contribution is 2.41. The summed E-state index contributed by atoms with van der Waals surface area (Å²) >= 11 is 1.45. The van der Waals surface area contributed by atoms with Gasteiger partial charge < -0.3 is 19.8 Å². The van der Waals surface area contributed by atoms with Crippen molar-refractivity contribution in [1.29, 1.82) is 5.26 Å². The van der Waals surface area contributed by atoms with Crippen molar-refractivity contribution in [3.63, 3.8) is 0 Å². The number of thiophene rings is 1. The standard InChI is InChI=1S/C32H32N4O2S/c1-21-17-26(34(3)4)11-14-29(21)36(30-15-12-27(35(5)6)18-22(30)2)25-9-7-23(8-10-25)31-16-13-28(39-31)19-24(20-33)32(37)38/h7-19H,1-6H3,(H,37,38)/b24-19+. The van der Waals surface area contributed by atoms with Crippen molar-refractivity contribution < 1.29 is 9.90 Å². The summed E-state index contributed by atoms with van der Waals surface area (Å²) in [6.07, 6.45) is 1.41. The summed E-state index contributed by atoms with van der Waals surface area (Å²) in [6, 6.07) is 26.9. The molecule has 0 saturated carbocycles. The number of nitriles is 1. The smallest absolute Gasteiger partial charge is 0.346 e. The van der Waals surface area contributed by atoms with Crippen molar-refractivity contribution in [2.75, 3.05) is 42.9 Å². The maximum atomic E-state index is 11.2. The third-order valence-corrected chi connectivity index (χ3v) is 7.63. The van der Waals surface area contributed by atoms with Gasteiger partial charge in [0, 0.05) is 66.4 Å². The van der Waals surface area contributed by atoms with E-state index < -0.39 is 5.97 Å². The molecule has 4 aromatic rings. The Kier molecular flexibility index (Phi) is 8.08. The minimum Gasteiger partial charge on any atom is -0.477 e. The van der Waals surface area contributed by atoms with Crippen molar-refractivity contribution in [3.8, 4) is 16.5 Å². The summed E-state index contributed by atoms with van der Waals surface area (Å²) in [5, 5.41) is 18.2. The molecule has 4 rings (SSSR count). The van der Waals surface area contributed by atoms with Crippen LogP contribution in [0.25, 0.3) is 16.5 Å². The second kappa shape index (κ2) is 11.5. The lowest BCUT2D eigenvalue weighted by Crippen LogP contribution is -2.15. The number of carboxylic acids is 1. The molecule has 0 atom stereocenters. The van der Waals surface area contributed by atoms with Gasteiger partial charge in [-0.25, -0.2) is 4.79 Å². The van der Waals surface area contributed by atoms with Crippen LogP contribution in [0.5, 0.6) is 0 Å². The van der Waals surface area contributed by atoms with E-state index in [1.54, 1.807) is 6.07 Å². The summed E-state index contributed by atoms with van der Waals surface area (Å²) in [6.45, 7) is 4.28. The first-order valence-electron chi connectivity index (χ1n) is 12.5. The van der Waals surface area contributed by atoms with Gasteiger partial charge in [0.15, 0.2) is 0 Å². The fourth-order valence-electron chi connectivity index (χ4n) is 4.39. The van der Waals surface area contributed by atoms with Crippen molar-refractivity contribution in [2.24, 2.45) is 0 Å². The van der Waals surface area contributed by atoms with Gasteiger partial charge >= 0.3 is 5.97 Å². The average Bonchev–Trinajstić information content (AvgIpc) is 3.37. The van der Waals surface area contributed by atoms with E-state index in [1.807, 2.05) is 40.3 Å². The van der Waals surface area contributed by atoms with Gasteiger partial charge in [0.05, 0.1) is 0 Å². The van der Waals surface area contributed by atoms with Crippen LogP contribution < -0.4 is 14.7 Å². The molecule has 0 aliphatic rings. The van der Waals surface area contributed by atoms with E-state index >= 15 is 0 Å². The molecule has 0 amide bonds. The van der Waals surface area contributed by atoms with Crippen molar-refractivity contribution in [1.82, 2.24) is 0 Å². The highest BCUT2D eigenvalue weighted by molar-refractivity contribution is 7.16. The minimum atomic E-state index is -1.22. The third kappa shape index (κ3) is 5.97. The predicted molar refractivity (Wildman–Crippen MR) is 164 cm³/mol. The molecule has 198 valence electrons. The van der Waals surface area contributed by atoms with Crippen LogP contribution in [-0.4, -0.2) is 39.3 Å². The maximum absolute atomic E-state index is 11.2. The van der Waals surface area contributed by atoms with E-state index in [0.717, 1.165) is 43.8 Å². The van der Waals surface area contributed by atoms with E-state index in [9.17, 15) is 4.79 Å². The first-order chi connectivity index (χ1) is 18.6. The number of hydrogen-bond acceptors (Lipinski definition) is 6. The molecule has 0 aliphatic heterocycles. The molecule has 1 N–H and O–H groups in total. The molecule has 0 fully saturated rings. The van der Waals surface area contributed by atoms with Crippen LogP contribution in [0.1, 0.15) is 16.0 Å². The zero-order chi connectivity index (χ0) is 28.3. The lowest BCUT2D eigenvalue weighted by atomic mass is 10.1. The quantitative estimate of drug-likeness (QED) is 0.184. The van der Waals surface area contributed by atoms with E-state index in [-0.39, 0.29) is 5.57 Å². The predicted octanol–water partition coefficient (Wildman–Crippen LogP) is 7.63. The molecule has 0 unspecified atom stereocenters. The molecule has 6 nitrogen and oxygen atoms in total. The molecule has 3 aromatic carbocycles. The van der Waals surface area contributed by atoms with E-state index in [2.05, 4.69) is 89.2 Å². The van der Waals surface area contributed by atoms with E-state index in [0.29, 0.717) is 0 Å². The van der Waals surface area contributed by atoms with Gasteiger partial charge in [-0.3, -0.25) is 0 Å². The molecule has 0 spiro atoms. The number of aliphatic carboxylic acids is 1. The number of carbonyl (C=O) groups is 1. The maximum Gasteiger partial charge on any atom is 0.346 e. The van der Waals surface area contributed by atoms with Crippen LogP contribution >= 0.6 is 11.3 Å². The molecule has 0 aliphatic carbocycles. The normalized spacial score (nSPS) is 11.2. The Morgan fingerprint density at radius 1 is 0.795 bits per heavy atom. The fraction of sp³-hybridized carbons (Fsp3) is 0.188. The Balaban J connectivity index is 1.76. The molecule has 39 heavy (non-hydrogen) atoms. The summed E-state index contributed by atoms with van der Waals surface area (Å²) in [5.41, 5.74) is 8.63. The second-order valence-corrected chi connectivity index (χ2v) is 10.9. The Morgan fingerprint density at radius 2 is 1.31 bits per heavy atom. The Morgan fingerprint density at radius 3 is 1.74 bits per heavy atom. The van der Waals surface area contributed by atoms with Gasteiger partial charge in [-0.05, 0) is 97.3 Å². The fourth-order valence-corrected chi connectivity index (χ4v) is 5.35. The molecule has 0 saturated heterocycles. The van der Waals surface area contributed by atoms with Crippen LogP contribution in [0.3, 0.4) is 0 Å². The zero-order valence-corrected chi connectivity index (χ0v) is 23.9. The van der Waals surface area contributed by atoms with Gasteiger partial charge in [0.2, 0.25) is 0 Å². The number of aryl methyl sites for hydroxylation is 2. The monoisotopic (exact) mass is 536 g/mol. The second-order valence-electron chi connectivity index (χ2n) is 9.79. The van der Waals surface area contributed by atoms with Gasteiger partial charge in [-0.2, -0.15) is 5.26 Å². The minimum absolute atomic E-state index is 0.277. The van der Waals surface area contributed by atoms with Crippen LogP contribution in [0, 0.1) is 25.2 Å². The Bertz CT molecular complexity index is 1520. The summed E-state index contributed by atoms with van der Waals surface area (Å²) in [7, 11) is 8.18. The number of hydrogen-bond donors (Lipinski definition) is 1. The van der Waals surface area contributed by atoms with Crippen molar-refractivity contribution >= 4 is 51.8 Å². The van der Waals surface area contributed by atoms with Crippen LogP contribution in [-0.2, 0) is 4.79 Å². The Labute approximate surface area is 234 Å². The van der Waals surface area contributed by atoms with E-state index in [4.69, 9.17) is 10.4 Å². The van der Waals surface area contributed by atoms with Gasteiger partial charge in [0.1, 0.15) is 11.6 Å². The number of rotatable bonds is 8. The van der Waals surface area contributed by atoms with Gasteiger partial charge in [0.25, 0.3) is 0 Å². The number of carboxylic acid groups (broad SMARTS) is 1. The molecule has 0 radical (unpaired) electrons. The lowest BCUT2D eigenvalue weighted by molar-refractivity contribution is -0.132. The summed E-state index contributed by atoms with van der Waals surface area (Å²) in [5.74, 6) is -1.22. The first-order valence-corrected chi connectivity index (χ1v) is 13.3. The van der Waals surface area contributed by atoms with Crippen molar-refractivity contribution in [3.05, 3.63) is 94.4 Å². The molecule has 7 heteroatoms. The van der Waals surface area contributed by atoms with Crippen LogP contribution in [0.15, 0.2) is 78.4 Å². The SMILES string of the molecule is Cc1cc(N(C)C)ccc1N(c1ccc(-c2ccc(/C=C(\C#N)C(=O)O)s2)cc1)c1ccc(N(C)C)cc1C. The van der Waals surface area contributed by atoms with Crippen molar-refractivity contribution in [2.45, 2.75) is 13.8 Å². The largest absolute Gasteiger partial charge is 0.477 e. The number of nitrogens with zero attached hydrogens (tertiary/aromatic N) is 4. The molecule has 1 aromatic heterocycles. The third-order valence-electron chi connectivity index (χ3n) is 6.55. The number of benzene rings is 3. The lowest BCUT2D eigenvalue weighted by Gasteiger charge is -2.30. The Hall–Kier alpha value is -4.54.